The second kappa shape index (κ2) is 5.22. The van der Waals surface area contributed by atoms with E-state index in [0.29, 0.717) is 12.0 Å². The summed E-state index contributed by atoms with van der Waals surface area (Å²) in [5, 5.41) is 3.33. The van der Waals surface area contributed by atoms with E-state index in [1.807, 2.05) is 13.0 Å². The van der Waals surface area contributed by atoms with Crippen molar-refractivity contribution >= 4 is 5.95 Å². The molecular formula is C16H15N5O. The lowest BCUT2D eigenvalue weighted by molar-refractivity contribution is 0.535. The van der Waals surface area contributed by atoms with E-state index in [9.17, 15) is 0 Å². The lowest BCUT2D eigenvalue weighted by Gasteiger charge is -2.10. The van der Waals surface area contributed by atoms with Crippen molar-refractivity contribution in [2.75, 3.05) is 5.32 Å². The third-order valence-electron chi connectivity index (χ3n) is 3.65. The monoisotopic (exact) mass is 293 g/mol. The molecule has 0 unspecified atom stereocenters. The van der Waals surface area contributed by atoms with Crippen molar-refractivity contribution in [2.24, 2.45) is 0 Å². The van der Waals surface area contributed by atoms with Gasteiger partial charge >= 0.3 is 0 Å². The zero-order chi connectivity index (χ0) is 14.9. The van der Waals surface area contributed by atoms with Gasteiger partial charge in [0.05, 0.1) is 23.8 Å². The molecule has 0 bridgehead atoms. The summed E-state index contributed by atoms with van der Waals surface area (Å²) >= 11 is 0. The quantitative estimate of drug-likeness (QED) is 0.796. The normalized spacial score (nSPS) is 14.0. The van der Waals surface area contributed by atoms with Crippen molar-refractivity contribution in [1.29, 1.82) is 0 Å². The summed E-state index contributed by atoms with van der Waals surface area (Å²) in [5.74, 6) is 1.46. The minimum absolute atomic E-state index is 0.501. The Morgan fingerprint density at radius 1 is 1.14 bits per heavy atom. The van der Waals surface area contributed by atoms with E-state index in [-0.39, 0.29) is 0 Å². The molecule has 0 spiro atoms. The summed E-state index contributed by atoms with van der Waals surface area (Å²) in [5.41, 5.74) is 3.35. The maximum Gasteiger partial charge on any atom is 0.223 e. The van der Waals surface area contributed by atoms with Crippen molar-refractivity contribution in [1.82, 2.24) is 19.9 Å². The minimum Gasteiger partial charge on any atom is -0.469 e. The molecule has 22 heavy (non-hydrogen) atoms. The number of furan rings is 1. The highest BCUT2D eigenvalue weighted by Crippen LogP contribution is 2.32. The van der Waals surface area contributed by atoms with Crippen molar-refractivity contribution in [2.45, 2.75) is 25.8 Å². The van der Waals surface area contributed by atoms with Crippen LogP contribution < -0.4 is 5.32 Å². The van der Waals surface area contributed by atoms with Gasteiger partial charge in [0.2, 0.25) is 5.95 Å². The van der Waals surface area contributed by atoms with Crippen molar-refractivity contribution in [3.8, 4) is 22.5 Å². The molecule has 1 saturated carbocycles. The molecule has 0 aromatic carbocycles. The maximum absolute atomic E-state index is 5.43. The van der Waals surface area contributed by atoms with Crippen LogP contribution in [0.4, 0.5) is 5.95 Å². The molecule has 1 aliphatic rings. The van der Waals surface area contributed by atoms with Crippen LogP contribution in [0, 0.1) is 6.92 Å². The average Bonchev–Trinajstić information content (AvgIpc) is 3.26. The first-order chi connectivity index (χ1) is 10.8. The summed E-state index contributed by atoms with van der Waals surface area (Å²) in [6, 6.07) is 2.42. The first kappa shape index (κ1) is 12.9. The van der Waals surface area contributed by atoms with Gasteiger partial charge in [-0.05, 0) is 25.8 Å². The second-order valence-corrected chi connectivity index (χ2v) is 5.36. The van der Waals surface area contributed by atoms with Gasteiger partial charge in [0.25, 0.3) is 0 Å². The zero-order valence-electron chi connectivity index (χ0n) is 12.2. The summed E-state index contributed by atoms with van der Waals surface area (Å²) in [4.78, 5) is 17.6. The summed E-state index contributed by atoms with van der Waals surface area (Å²) in [7, 11) is 0. The van der Waals surface area contributed by atoms with E-state index >= 15 is 0 Å². The van der Waals surface area contributed by atoms with Gasteiger partial charge in [-0.1, -0.05) is 0 Å². The van der Waals surface area contributed by atoms with E-state index in [0.717, 1.165) is 28.3 Å². The van der Waals surface area contributed by atoms with Gasteiger partial charge in [-0.25, -0.2) is 9.97 Å². The van der Waals surface area contributed by atoms with Gasteiger partial charge in [0.15, 0.2) is 0 Å². The number of hydrogen-bond donors (Lipinski definition) is 1. The topological polar surface area (TPSA) is 76.7 Å². The van der Waals surface area contributed by atoms with Crippen LogP contribution in [-0.4, -0.2) is 26.0 Å². The largest absolute Gasteiger partial charge is 0.469 e. The third kappa shape index (κ3) is 2.43. The fourth-order valence-corrected chi connectivity index (χ4v) is 2.32. The number of anilines is 1. The van der Waals surface area contributed by atoms with Crippen molar-refractivity contribution in [3.63, 3.8) is 0 Å². The van der Waals surface area contributed by atoms with E-state index in [1.54, 1.807) is 31.1 Å². The second-order valence-electron chi connectivity index (χ2n) is 5.36. The van der Waals surface area contributed by atoms with Gasteiger partial charge in [0, 0.05) is 35.8 Å². The number of aryl methyl sites for hydroxylation is 1. The van der Waals surface area contributed by atoms with Gasteiger partial charge < -0.3 is 9.73 Å². The molecule has 4 rings (SSSR count). The van der Waals surface area contributed by atoms with Gasteiger partial charge in [-0.15, -0.1) is 0 Å². The van der Waals surface area contributed by atoms with Crippen LogP contribution in [0.15, 0.2) is 41.5 Å². The van der Waals surface area contributed by atoms with Crippen LogP contribution in [0.5, 0.6) is 0 Å². The third-order valence-corrected chi connectivity index (χ3v) is 3.65. The van der Waals surface area contributed by atoms with Crippen LogP contribution in [0.3, 0.4) is 0 Å². The number of nitrogens with zero attached hydrogens (tertiary/aromatic N) is 4. The van der Waals surface area contributed by atoms with Crippen molar-refractivity contribution in [3.05, 3.63) is 42.9 Å². The summed E-state index contributed by atoms with van der Waals surface area (Å²) in [6.07, 6.45) is 10.8. The first-order valence-corrected chi connectivity index (χ1v) is 7.25. The molecule has 110 valence electrons. The molecule has 6 heteroatoms. The molecule has 3 heterocycles. The molecule has 0 amide bonds. The number of rotatable bonds is 4. The Bertz CT molecular complexity index is 795. The fourth-order valence-electron chi connectivity index (χ4n) is 2.32. The maximum atomic E-state index is 5.43. The Balaban J connectivity index is 1.84. The van der Waals surface area contributed by atoms with E-state index in [4.69, 9.17) is 4.42 Å². The van der Waals surface area contributed by atoms with E-state index < -0.39 is 0 Å². The summed E-state index contributed by atoms with van der Waals surface area (Å²) in [6.45, 7) is 1.92. The fraction of sp³-hybridized carbons (Fsp3) is 0.250. The Kier molecular flexibility index (Phi) is 3.07. The van der Waals surface area contributed by atoms with Gasteiger partial charge in [0.1, 0.15) is 5.76 Å². The Morgan fingerprint density at radius 3 is 2.73 bits per heavy atom. The lowest BCUT2D eigenvalue weighted by Crippen LogP contribution is -2.06. The molecule has 0 saturated heterocycles. The van der Waals surface area contributed by atoms with Gasteiger partial charge in [-0.3, -0.25) is 9.97 Å². The van der Waals surface area contributed by atoms with E-state index in [1.165, 1.54) is 12.8 Å². The first-order valence-electron chi connectivity index (χ1n) is 7.25. The number of nitrogens with one attached hydrogen (secondary N) is 1. The SMILES string of the molecule is Cc1occc1-c1nc(NC2CC2)ncc1-c1cnccn1. The predicted octanol–water partition coefficient (Wildman–Crippen LogP) is 3.08. The molecule has 1 N–H and O–H groups in total. The highest BCUT2D eigenvalue weighted by atomic mass is 16.3. The van der Waals surface area contributed by atoms with Crippen LogP contribution in [-0.2, 0) is 0 Å². The molecule has 1 fully saturated rings. The highest BCUT2D eigenvalue weighted by molar-refractivity contribution is 5.79. The molecular weight excluding hydrogens is 278 g/mol. The Hall–Kier alpha value is -2.76. The van der Waals surface area contributed by atoms with Gasteiger partial charge in [-0.2, -0.15) is 0 Å². The molecule has 3 aromatic heterocycles. The Labute approximate surface area is 127 Å². The molecule has 6 nitrogen and oxygen atoms in total. The van der Waals surface area contributed by atoms with Crippen LogP contribution in [0.25, 0.3) is 22.5 Å². The molecule has 0 atom stereocenters. The molecule has 1 aliphatic carbocycles. The smallest absolute Gasteiger partial charge is 0.223 e. The minimum atomic E-state index is 0.501. The highest BCUT2D eigenvalue weighted by Gasteiger charge is 2.23. The summed E-state index contributed by atoms with van der Waals surface area (Å²) < 4.78 is 5.43. The standard InChI is InChI=1S/C16H15N5O/c1-10-12(4-7-22-10)15-13(14-9-17-5-6-18-14)8-19-16(21-15)20-11-2-3-11/h4-9,11H,2-3H2,1H3,(H,19,20,21). The number of hydrogen-bond acceptors (Lipinski definition) is 6. The average molecular weight is 293 g/mol. The lowest BCUT2D eigenvalue weighted by atomic mass is 10.1. The van der Waals surface area contributed by atoms with Crippen LogP contribution >= 0.6 is 0 Å². The van der Waals surface area contributed by atoms with Crippen LogP contribution in [0.1, 0.15) is 18.6 Å². The molecule has 0 radical (unpaired) electrons. The number of aromatic nitrogens is 4. The van der Waals surface area contributed by atoms with Crippen molar-refractivity contribution < 1.29 is 4.42 Å². The predicted molar refractivity (Wildman–Crippen MR) is 82.1 cm³/mol. The van der Waals surface area contributed by atoms with Crippen LogP contribution in [0.2, 0.25) is 0 Å². The Morgan fingerprint density at radius 2 is 2.05 bits per heavy atom. The molecule has 0 aliphatic heterocycles. The van der Waals surface area contributed by atoms with E-state index in [2.05, 4.69) is 25.3 Å². The molecule has 3 aromatic rings. The zero-order valence-corrected chi connectivity index (χ0v) is 12.2.